The Morgan fingerprint density at radius 2 is 1.78 bits per heavy atom. The van der Waals surface area contributed by atoms with Crippen molar-refractivity contribution in [3.8, 4) is 5.75 Å². The van der Waals surface area contributed by atoms with E-state index in [0.717, 1.165) is 11.3 Å². The summed E-state index contributed by atoms with van der Waals surface area (Å²) in [7, 11) is 0. The summed E-state index contributed by atoms with van der Waals surface area (Å²) in [5, 5.41) is 2.88. The average molecular weight is 435 g/mol. The fourth-order valence-electron chi connectivity index (χ4n) is 3.24. The Morgan fingerprint density at radius 1 is 1.09 bits per heavy atom. The van der Waals surface area contributed by atoms with Gasteiger partial charge in [-0.25, -0.2) is 9.37 Å². The number of halogens is 1. The van der Waals surface area contributed by atoms with E-state index in [1.165, 1.54) is 33.7 Å². The first-order valence-electron chi connectivity index (χ1n) is 10.1. The molecular formula is C23H22FN5O3. The zero-order valence-electron chi connectivity index (χ0n) is 17.9. The van der Waals surface area contributed by atoms with Crippen LogP contribution in [0.25, 0.3) is 5.78 Å². The Morgan fingerprint density at radius 3 is 2.44 bits per heavy atom. The molecule has 4 aromatic rings. The Kier molecular flexibility index (Phi) is 5.72. The molecular weight excluding hydrogens is 413 g/mol. The fourth-order valence-corrected chi connectivity index (χ4v) is 3.24. The molecule has 0 radical (unpaired) electrons. The molecule has 0 aliphatic heterocycles. The molecule has 8 nitrogen and oxygen atoms in total. The number of rotatable bonds is 6. The maximum atomic E-state index is 13.4. The molecule has 0 bridgehead atoms. The Hall–Kier alpha value is -4.01. The SMILES string of the molecule is CCOc1ccc(CN(C(=O)c2ccc(F)cc2)c2nc3nc(C)c(C)c(=O)n3[nH]2)cc1. The zero-order valence-corrected chi connectivity index (χ0v) is 17.9. The van der Waals surface area contributed by atoms with Gasteiger partial charge in [-0.05, 0) is 62.7 Å². The minimum absolute atomic E-state index is 0.155. The molecule has 0 saturated heterocycles. The molecule has 1 N–H and O–H groups in total. The van der Waals surface area contributed by atoms with E-state index in [1.54, 1.807) is 13.8 Å². The van der Waals surface area contributed by atoms with Crippen molar-refractivity contribution in [2.24, 2.45) is 0 Å². The average Bonchev–Trinajstić information content (AvgIpc) is 3.21. The predicted octanol–water partition coefficient (Wildman–Crippen LogP) is 3.42. The molecule has 2 aromatic carbocycles. The van der Waals surface area contributed by atoms with Crippen molar-refractivity contribution in [2.75, 3.05) is 11.5 Å². The topological polar surface area (TPSA) is 92.6 Å². The number of aromatic amines is 1. The highest BCUT2D eigenvalue weighted by molar-refractivity contribution is 6.05. The molecule has 1 amide bonds. The molecule has 2 aromatic heterocycles. The van der Waals surface area contributed by atoms with Crippen LogP contribution in [0, 0.1) is 19.7 Å². The van der Waals surface area contributed by atoms with E-state index >= 15 is 0 Å². The second kappa shape index (κ2) is 8.62. The van der Waals surface area contributed by atoms with Crippen LogP contribution in [0.1, 0.15) is 34.1 Å². The number of carbonyl (C=O) groups is 1. The quantitative estimate of drug-likeness (QED) is 0.501. The number of nitrogens with zero attached hydrogens (tertiary/aromatic N) is 4. The summed E-state index contributed by atoms with van der Waals surface area (Å²) in [6.07, 6.45) is 0. The van der Waals surface area contributed by atoms with Gasteiger partial charge in [0.25, 0.3) is 17.2 Å². The van der Waals surface area contributed by atoms with Crippen LogP contribution in [-0.2, 0) is 6.54 Å². The highest BCUT2D eigenvalue weighted by atomic mass is 19.1. The van der Waals surface area contributed by atoms with Gasteiger partial charge >= 0.3 is 0 Å². The lowest BCUT2D eigenvalue weighted by atomic mass is 10.1. The van der Waals surface area contributed by atoms with Crippen molar-refractivity contribution in [2.45, 2.75) is 27.3 Å². The molecule has 4 rings (SSSR count). The van der Waals surface area contributed by atoms with Gasteiger partial charge in [0.1, 0.15) is 11.6 Å². The van der Waals surface area contributed by atoms with Gasteiger partial charge in [0.15, 0.2) is 0 Å². The number of benzene rings is 2. The first kappa shape index (κ1) is 21.2. The number of hydrogen-bond donors (Lipinski definition) is 1. The smallest absolute Gasteiger partial charge is 0.277 e. The first-order chi connectivity index (χ1) is 15.4. The minimum atomic E-state index is -0.440. The van der Waals surface area contributed by atoms with Crippen molar-refractivity contribution in [3.63, 3.8) is 0 Å². The standard InChI is InChI=1S/C23H22FN5O3/c1-4-32-19-11-5-16(6-12-19)13-28(21(31)17-7-9-18(24)10-8-17)23-26-22-25-15(3)14(2)20(30)29(22)27-23/h5-12H,4,13H2,1-3H3,(H,25,26,27). The second-order valence-corrected chi connectivity index (χ2v) is 7.29. The maximum Gasteiger partial charge on any atom is 0.277 e. The van der Waals surface area contributed by atoms with E-state index in [0.29, 0.717) is 17.9 Å². The molecule has 0 atom stereocenters. The molecule has 0 aliphatic carbocycles. The van der Waals surface area contributed by atoms with Crippen LogP contribution in [0.3, 0.4) is 0 Å². The number of carbonyl (C=O) groups excluding carboxylic acids is 1. The zero-order chi connectivity index (χ0) is 22.8. The summed E-state index contributed by atoms with van der Waals surface area (Å²) in [6, 6.07) is 12.6. The maximum absolute atomic E-state index is 13.4. The minimum Gasteiger partial charge on any atom is -0.494 e. The third kappa shape index (κ3) is 4.09. The number of nitrogens with one attached hydrogen (secondary N) is 1. The van der Waals surface area contributed by atoms with Gasteiger partial charge in [-0.3, -0.25) is 19.6 Å². The molecule has 9 heteroatoms. The lowest BCUT2D eigenvalue weighted by Crippen LogP contribution is -2.31. The van der Waals surface area contributed by atoms with Crippen LogP contribution in [-0.4, -0.2) is 32.1 Å². The summed E-state index contributed by atoms with van der Waals surface area (Å²) < 4.78 is 20.1. The van der Waals surface area contributed by atoms with Crippen molar-refractivity contribution >= 4 is 17.6 Å². The number of hydrogen-bond acceptors (Lipinski definition) is 5. The summed E-state index contributed by atoms with van der Waals surface area (Å²) in [5.41, 5.74) is 1.86. The van der Waals surface area contributed by atoms with Gasteiger partial charge in [-0.15, -0.1) is 0 Å². The number of anilines is 1. The predicted molar refractivity (Wildman–Crippen MR) is 118 cm³/mol. The molecule has 0 unspecified atom stereocenters. The van der Waals surface area contributed by atoms with Gasteiger partial charge < -0.3 is 4.74 Å². The first-order valence-corrected chi connectivity index (χ1v) is 10.1. The summed E-state index contributed by atoms with van der Waals surface area (Å²) in [4.78, 5) is 36.1. The van der Waals surface area contributed by atoms with Crippen LogP contribution >= 0.6 is 0 Å². The van der Waals surface area contributed by atoms with Gasteiger partial charge in [-0.1, -0.05) is 12.1 Å². The van der Waals surface area contributed by atoms with Crippen molar-refractivity contribution in [3.05, 3.63) is 87.1 Å². The lowest BCUT2D eigenvalue weighted by Gasteiger charge is -2.20. The number of ether oxygens (including phenoxy) is 1. The Balaban J connectivity index is 1.77. The monoisotopic (exact) mass is 435 g/mol. The lowest BCUT2D eigenvalue weighted by molar-refractivity contribution is 0.0983. The van der Waals surface area contributed by atoms with Crippen LogP contribution in [0.15, 0.2) is 53.3 Å². The van der Waals surface area contributed by atoms with Crippen molar-refractivity contribution in [1.29, 1.82) is 0 Å². The molecule has 2 heterocycles. The van der Waals surface area contributed by atoms with E-state index in [2.05, 4.69) is 15.1 Å². The normalized spacial score (nSPS) is 11.0. The third-order valence-corrected chi connectivity index (χ3v) is 5.12. The van der Waals surface area contributed by atoms with E-state index < -0.39 is 11.7 Å². The van der Waals surface area contributed by atoms with E-state index in [4.69, 9.17) is 4.74 Å². The Bertz CT molecular complexity index is 1330. The molecule has 32 heavy (non-hydrogen) atoms. The van der Waals surface area contributed by atoms with Crippen molar-refractivity contribution < 1.29 is 13.9 Å². The number of H-pyrrole nitrogens is 1. The largest absolute Gasteiger partial charge is 0.494 e. The number of aromatic nitrogens is 4. The van der Waals surface area contributed by atoms with Gasteiger partial charge in [0, 0.05) is 16.8 Å². The van der Waals surface area contributed by atoms with Gasteiger partial charge in [-0.2, -0.15) is 9.50 Å². The molecule has 164 valence electrons. The van der Waals surface area contributed by atoms with E-state index in [9.17, 15) is 14.0 Å². The molecule has 0 saturated carbocycles. The van der Waals surface area contributed by atoms with Crippen LogP contribution in [0.2, 0.25) is 0 Å². The number of amides is 1. The summed E-state index contributed by atoms with van der Waals surface area (Å²) in [6.45, 7) is 6.02. The molecule has 0 aliphatic rings. The second-order valence-electron chi connectivity index (χ2n) is 7.29. The van der Waals surface area contributed by atoms with Crippen LogP contribution in [0.5, 0.6) is 5.75 Å². The number of aryl methyl sites for hydroxylation is 1. The molecule has 0 spiro atoms. The van der Waals surface area contributed by atoms with Gasteiger partial charge in [0.05, 0.1) is 13.2 Å². The van der Waals surface area contributed by atoms with Crippen LogP contribution in [0.4, 0.5) is 10.3 Å². The Labute approximate surface area is 183 Å². The van der Waals surface area contributed by atoms with E-state index in [1.807, 2.05) is 31.2 Å². The summed E-state index contributed by atoms with van der Waals surface area (Å²) >= 11 is 0. The van der Waals surface area contributed by atoms with Crippen molar-refractivity contribution in [1.82, 2.24) is 19.6 Å². The fraction of sp³-hybridized carbons (Fsp3) is 0.217. The highest BCUT2D eigenvalue weighted by Gasteiger charge is 2.23. The highest BCUT2D eigenvalue weighted by Crippen LogP contribution is 2.20. The third-order valence-electron chi connectivity index (χ3n) is 5.12. The van der Waals surface area contributed by atoms with Gasteiger partial charge in [0.2, 0.25) is 5.95 Å². The van der Waals surface area contributed by atoms with E-state index in [-0.39, 0.29) is 29.4 Å². The van der Waals surface area contributed by atoms with Crippen LogP contribution < -0.4 is 15.2 Å². The molecule has 0 fully saturated rings. The summed E-state index contributed by atoms with van der Waals surface area (Å²) in [5.74, 6) is 0.196. The number of fused-ring (bicyclic) bond motifs is 1.